The summed E-state index contributed by atoms with van der Waals surface area (Å²) >= 11 is 0. The lowest BCUT2D eigenvalue weighted by Crippen LogP contribution is -1.87. The Morgan fingerprint density at radius 1 is 1.27 bits per heavy atom. The fraction of sp³-hybridized carbons (Fsp3) is 0.700. The predicted molar refractivity (Wildman–Crippen MR) is 48.6 cm³/mol. The van der Waals surface area contributed by atoms with E-state index in [0.717, 1.165) is 12.8 Å². The summed E-state index contributed by atoms with van der Waals surface area (Å²) in [5.41, 5.74) is 1.41. The normalized spacial score (nSPS) is 11.7. The highest BCUT2D eigenvalue weighted by Crippen LogP contribution is 2.05. The zero-order chi connectivity index (χ0) is 8.69. The van der Waals surface area contributed by atoms with Gasteiger partial charge in [0.05, 0.1) is 0 Å². The number of Topliss-reactive ketones (excluding diaryl/α,β-unsaturated/α-hetero) is 1. The van der Waals surface area contributed by atoms with Crippen LogP contribution in [0.1, 0.15) is 46.5 Å². The van der Waals surface area contributed by atoms with E-state index in [1.165, 1.54) is 12.0 Å². The largest absolute Gasteiger partial charge is 0.300 e. The van der Waals surface area contributed by atoms with Crippen molar-refractivity contribution in [1.29, 1.82) is 0 Å². The van der Waals surface area contributed by atoms with Gasteiger partial charge in [-0.2, -0.15) is 0 Å². The number of hydrogen-bond donors (Lipinski definition) is 0. The van der Waals surface area contributed by atoms with Gasteiger partial charge in [-0.05, 0) is 26.7 Å². The highest BCUT2D eigenvalue weighted by atomic mass is 16.1. The molecule has 0 unspecified atom stereocenters. The van der Waals surface area contributed by atoms with E-state index in [1.54, 1.807) is 6.92 Å². The number of rotatable bonds is 5. The molecule has 0 amide bonds. The molecular formula is C10H18O. The molecule has 0 aromatic carbocycles. The molecule has 0 atom stereocenters. The molecule has 64 valence electrons. The Hall–Kier alpha value is -0.590. The molecule has 0 aromatic heterocycles. The fourth-order valence-corrected chi connectivity index (χ4v) is 1.02. The summed E-state index contributed by atoms with van der Waals surface area (Å²) in [6, 6.07) is 0. The molecule has 0 heterocycles. The Morgan fingerprint density at radius 2 is 1.91 bits per heavy atom. The van der Waals surface area contributed by atoms with E-state index in [4.69, 9.17) is 0 Å². The van der Waals surface area contributed by atoms with Crippen LogP contribution in [0.3, 0.4) is 0 Å². The molecule has 0 radical (unpaired) electrons. The Labute approximate surface area is 69.5 Å². The van der Waals surface area contributed by atoms with Gasteiger partial charge in [-0.1, -0.05) is 25.0 Å². The van der Waals surface area contributed by atoms with Gasteiger partial charge in [0.1, 0.15) is 5.78 Å². The highest BCUT2D eigenvalue weighted by molar-refractivity contribution is 5.75. The lowest BCUT2D eigenvalue weighted by Gasteiger charge is -1.96. The summed E-state index contributed by atoms with van der Waals surface area (Å²) in [4.78, 5) is 10.6. The van der Waals surface area contributed by atoms with Gasteiger partial charge < -0.3 is 4.79 Å². The lowest BCUT2D eigenvalue weighted by molar-refractivity contribution is -0.116. The monoisotopic (exact) mass is 154 g/mol. The van der Waals surface area contributed by atoms with E-state index in [-0.39, 0.29) is 5.78 Å². The maximum atomic E-state index is 10.6. The molecule has 0 saturated carbocycles. The van der Waals surface area contributed by atoms with Crippen LogP contribution in [0.2, 0.25) is 0 Å². The van der Waals surface area contributed by atoms with E-state index in [2.05, 4.69) is 19.9 Å². The summed E-state index contributed by atoms with van der Waals surface area (Å²) in [7, 11) is 0. The van der Waals surface area contributed by atoms with Crippen molar-refractivity contribution in [1.82, 2.24) is 0 Å². The smallest absolute Gasteiger partial charge is 0.130 e. The molecule has 0 aliphatic carbocycles. The van der Waals surface area contributed by atoms with Crippen molar-refractivity contribution < 1.29 is 4.79 Å². The van der Waals surface area contributed by atoms with Gasteiger partial charge in [-0.15, -0.1) is 0 Å². The van der Waals surface area contributed by atoms with Crippen LogP contribution >= 0.6 is 0 Å². The van der Waals surface area contributed by atoms with E-state index in [1.807, 2.05) is 0 Å². The van der Waals surface area contributed by atoms with E-state index in [9.17, 15) is 4.79 Å². The summed E-state index contributed by atoms with van der Waals surface area (Å²) < 4.78 is 0. The fourth-order valence-electron chi connectivity index (χ4n) is 1.02. The molecule has 0 N–H and O–H groups in total. The Kier molecular flexibility index (Phi) is 5.81. The van der Waals surface area contributed by atoms with Crippen LogP contribution in [0.15, 0.2) is 11.6 Å². The Morgan fingerprint density at radius 3 is 2.36 bits per heavy atom. The van der Waals surface area contributed by atoms with Gasteiger partial charge in [0.15, 0.2) is 0 Å². The van der Waals surface area contributed by atoms with Gasteiger partial charge in [0.2, 0.25) is 0 Å². The van der Waals surface area contributed by atoms with Gasteiger partial charge in [-0.3, -0.25) is 0 Å². The van der Waals surface area contributed by atoms with Gasteiger partial charge in [0.25, 0.3) is 0 Å². The Balaban J connectivity index is 3.47. The number of carbonyl (C=O) groups excluding carboxylic acids is 1. The molecule has 11 heavy (non-hydrogen) atoms. The van der Waals surface area contributed by atoms with Gasteiger partial charge >= 0.3 is 0 Å². The molecule has 0 aliphatic rings. The Bertz CT molecular complexity index is 145. The third kappa shape index (κ3) is 7.31. The first-order valence-corrected chi connectivity index (χ1v) is 4.32. The molecule has 0 bridgehead atoms. The van der Waals surface area contributed by atoms with Crippen LogP contribution < -0.4 is 0 Å². The number of hydrogen-bond acceptors (Lipinski definition) is 1. The maximum absolute atomic E-state index is 10.6. The lowest BCUT2D eigenvalue weighted by atomic mass is 10.1. The summed E-state index contributed by atoms with van der Waals surface area (Å²) in [5.74, 6) is 0.283. The van der Waals surface area contributed by atoms with Crippen LogP contribution in [0.4, 0.5) is 0 Å². The van der Waals surface area contributed by atoms with E-state index >= 15 is 0 Å². The van der Waals surface area contributed by atoms with Crippen LogP contribution in [0.25, 0.3) is 0 Å². The van der Waals surface area contributed by atoms with Crippen molar-refractivity contribution in [3.8, 4) is 0 Å². The third-order valence-corrected chi connectivity index (χ3v) is 1.63. The quantitative estimate of drug-likeness (QED) is 0.556. The maximum Gasteiger partial charge on any atom is 0.130 e. The van der Waals surface area contributed by atoms with E-state index < -0.39 is 0 Å². The first-order valence-electron chi connectivity index (χ1n) is 4.32. The van der Waals surface area contributed by atoms with Gasteiger partial charge in [0, 0.05) is 6.42 Å². The molecule has 0 rings (SSSR count). The molecule has 0 spiro atoms. The van der Waals surface area contributed by atoms with Crippen molar-refractivity contribution in [2.24, 2.45) is 0 Å². The van der Waals surface area contributed by atoms with Gasteiger partial charge in [-0.25, -0.2) is 0 Å². The molecule has 1 heteroatoms. The molecule has 0 aliphatic heterocycles. The van der Waals surface area contributed by atoms with Crippen LogP contribution in [0, 0.1) is 0 Å². The first kappa shape index (κ1) is 10.4. The minimum absolute atomic E-state index is 0.283. The predicted octanol–water partition coefficient (Wildman–Crippen LogP) is 3.10. The zero-order valence-corrected chi connectivity index (χ0v) is 7.81. The molecular weight excluding hydrogens is 136 g/mol. The third-order valence-electron chi connectivity index (χ3n) is 1.63. The minimum Gasteiger partial charge on any atom is -0.300 e. The number of carbonyl (C=O) groups is 1. The zero-order valence-electron chi connectivity index (χ0n) is 7.81. The average Bonchev–Trinajstić information content (AvgIpc) is 1.87. The molecule has 0 fully saturated rings. The van der Waals surface area contributed by atoms with E-state index in [0.29, 0.717) is 6.42 Å². The number of allylic oxidation sites excluding steroid dienone is 2. The summed E-state index contributed by atoms with van der Waals surface area (Å²) in [6.45, 7) is 5.94. The standard InChI is InChI=1S/C10H18O/c1-4-6-9(2)7-5-8-10(3)11/h7H,4-6,8H2,1-3H3/b9-7+. The first-order chi connectivity index (χ1) is 5.16. The van der Waals surface area contributed by atoms with Crippen molar-refractivity contribution in [2.75, 3.05) is 0 Å². The van der Waals surface area contributed by atoms with Crippen molar-refractivity contribution >= 4 is 5.78 Å². The molecule has 0 saturated heterocycles. The number of ketones is 1. The second kappa shape index (κ2) is 6.14. The van der Waals surface area contributed by atoms with Crippen molar-refractivity contribution in [3.05, 3.63) is 11.6 Å². The van der Waals surface area contributed by atoms with Crippen LogP contribution in [-0.4, -0.2) is 5.78 Å². The van der Waals surface area contributed by atoms with Crippen LogP contribution in [0.5, 0.6) is 0 Å². The topological polar surface area (TPSA) is 17.1 Å². The summed E-state index contributed by atoms with van der Waals surface area (Å²) in [6.07, 6.45) is 6.15. The second-order valence-corrected chi connectivity index (χ2v) is 3.04. The van der Waals surface area contributed by atoms with Crippen molar-refractivity contribution in [2.45, 2.75) is 46.5 Å². The second-order valence-electron chi connectivity index (χ2n) is 3.04. The minimum atomic E-state index is 0.283. The summed E-state index contributed by atoms with van der Waals surface area (Å²) in [5, 5.41) is 0. The van der Waals surface area contributed by atoms with Crippen LogP contribution in [-0.2, 0) is 4.79 Å². The SMILES string of the molecule is CCC/C(C)=C/CCC(C)=O. The average molecular weight is 154 g/mol. The van der Waals surface area contributed by atoms with Crippen molar-refractivity contribution in [3.63, 3.8) is 0 Å². The molecule has 1 nitrogen and oxygen atoms in total. The highest BCUT2D eigenvalue weighted by Gasteiger charge is 1.90. The molecule has 0 aromatic rings.